The van der Waals surface area contributed by atoms with Crippen LogP contribution in [0.1, 0.15) is 42.0 Å². The first-order chi connectivity index (χ1) is 12.8. The van der Waals surface area contributed by atoms with Gasteiger partial charge in [-0.15, -0.1) is 5.10 Å². The van der Waals surface area contributed by atoms with Gasteiger partial charge in [0.1, 0.15) is 5.52 Å². The summed E-state index contributed by atoms with van der Waals surface area (Å²) in [5.74, 6) is -0.555. The molecule has 0 saturated heterocycles. The van der Waals surface area contributed by atoms with E-state index in [1.165, 1.54) is 7.11 Å². The highest BCUT2D eigenvalue weighted by Gasteiger charge is 2.40. The minimum atomic E-state index is -0.813. The van der Waals surface area contributed by atoms with E-state index in [9.17, 15) is 9.90 Å². The fourth-order valence-electron chi connectivity index (χ4n) is 3.69. The summed E-state index contributed by atoms with van der Waals surface area (Å²) in [7, 11) is 3.25. The molecule has 1 heterocycles. The van der Waals surface area contributed by atoms with E-state index in [-0.39, 0.29) is 18.5 Å². The number of aliphatic hydroxyl groups excluding tert-OH is 1. The molecule has 0 aliphatic rings. The topological polar surface area (TPSA) is 77.2 Å². The lowest BCUT2D eigenvalue weighted by Gasteiger charge is -2.33. The van der Waals surface area contributed by atoms with Gasteiger partial charge in [-0.2, -0.15) is 0 Å². The average Bonchev–Trinajstić information content (AvgIpc) is 3.02. The number of aryl methyl sites for hydroxylation is 2. The number of esters is 1. The number of benzene rings is 2. The van der Waals surface area contributed by atoms with Crippen LogP contribution in [-0.2, 0) is 23.2 Å². The van der Waals surface area contributed by atoms with Gasteiger partial charge in [0.15, 0.2) is 0 Å². The first kappa shape index (κ1) is 19.0. The van der Waals surface area contributed by atoms with E-state index in [1.54, 1.807) is 4.68 Å². The molecule has 0 radical (unpaired) electrons. The molecule has 0 bridgehead atoms. The summed E-state index contributed by atoms with van der Waals surface area (Å²) in [6.45, 7) is 5.67. The lowest BCUT2D eigenvalue weighted by atomic mass is 9.70. The third-order valence-corrected chi connectivity index (χ3v) is 5.28. The zero-order valence-corrected chi connectivity index (χ0v) is 16.4. The van der Waals surface area contributed by atoms with Gasteiger partial charge in [-0.1, -0.05) is 29.5 Å². The number of fused-ring (bicyclic) bond motifs is 1. The first-order valence-electron chi connectivity index (χ1n) is 8.87. The van der Waals surface area contributed by atoms with Crippen LogP contribution in [0.2, 0.25) is 0 Å². The number of hydrogen-bond donors (Lipinski definition) is 1. The highest BCUT2D eigenvalue weighted by Crippen LogP contribution is 2.43. The molecule has 3 aromatic rings. The summed E-state index contributed by atoms with van der Waals surface area (Å²) < 4.78 is 6.81. The zero-order valence-electron chi connectivity index (χ0n) is 16.4. The molecule has 0 amide bonds. The molecule has 6 heteroatoms. The summed E-state index contributed by atoms with van der Waals surface area (Å²) >= 11 is 0. The number of aromatic nitrogens is 3. The van der Waals surface area contributed by atoms with E-state index in [0.717, 1.165) is 33.3 Å². The van der Waals surface area contributed by atoms with Crippen LogP contribution in [0.5, 0.6) is 0 Å². The molecule has 1 atom stereocenters. The van der Waals surface area contributed by atoms with Crippen LogP contribution in [0.15, 0.2) is 36.4 Å². The van der Waals surface area contributed by atoms with Crippen molar-refractivity contribution in [2.75, 3.05) is 7.11 Å². The fourth-order valence-corrected chi connectivity index (χ4v) is 3.69. The first-order valence-corrected chi connectivity index (χ1v) is 8.87. The van der Waals surface area contributed by atoms with Crippen LogP contribution in [0, 0.1) is 12.3 Å². The third kappa shape index (κ3) is 3.32. The Morgan fingerprint density at radius 3 is 2.56 bits per heavy atom. The van der Waals surface area contributed by atoms with Crippen molar-refractivity contribution in [1.29, 1.82) is 0 Å². The van der Waals surface area contributed by atoms with E-state index >= 15 is 0 Å². The Labute approximate surface area is 158 Å². The van der Waals surface area contributed by atoms with Crippen LogP contribution in [0.4, 0.5) is 0 Å². The van der Waals surface area contributed by atoms with Crippen molar-refractivity contribution >= 4 is 17.0 Å². The lowest BCUT2D eigenvalue weighted by Crippen LogP contribution is -2.33. The van der Waals surface area contributed by atoms with Crippen molar-refractivity contribution in [3.8, 4) is 0 Å². The molecule has 6 nitrogen and oxygen atoms in total. The van der Waals surface area contributed by atoms with E-state index < -0.39 is 5.41 Å². The smallest absolute Gasteiger partial charge is 0.312 e. The molecular weight excluding hydrogens is 342 g/mol. The van der Waals surface area contributed by atoms with E-state index in [4.69, 9.17) is 4.74 Å². The molecule has 0 aliphatic carbocycles. The van der Waals surface area contributed by atoms with Gasteiger partial charge in [-0.3, -0.25) is 4.79 Å². The van der Waals surface area contributed by atoms with Crippen molar-refractivity contribution in [1.82, 2.24) is 15.0 Å². The molecule has 27 heavy (non-hydrogen) atoms. The normalized spacial score (nSPS) is 13.0. The Balaban J connectivity index is 2.21. The van der Waals surface area contributed by atoms with Crippen molar-refractivity contribution < 1.29 is 14.6 Å². The summed E-state index contributed by atoms with van der Waals surface area (Å²) in [6.07, 6.45) is 0. The molecular formula is C21H25N3O3. The SMILES string of the molecule is COC(=O)C(C)(C)C(c1ccc(C)c(CO)c1)c1ccc2c(c1)nnn2C. The number of hydrogen-bond acceptors (Lipinski definition) is 5. The molecule has 1 aromatic heterocycles. The van der Waals surface area contributed by atoms with Crippen LogP contribution in [-0.4, -0.2) is 33.2 Å². The molecule has 0 fully saturated rings. The van der Waals surface area contributed by atoms with Crippen LogP contribution >= 0.6 is 0 Å². The largest absolute Gasteiger partial charge is 0.469 e. The summed E-state index contributed by atoms with van der Waals surface area (Å²) in [4.78, 5) is 12.6. The van der Waals surface area contributed by atoms with Gasteiger partial charge in [0.05, 0.1) is 24.6 Å². The minimum Gasteiger partial charge on any atom is -0.469 e. The molecule has 0 aliphatic heterocycles. The predicted molar refractivity (Wildman–Crippen MR) is 103 cm³/mol. The number of nitrogens with zero attached hydrogens (tertiary/aromatic N) is 3. The predicted octanol–water partition coefficient (Wildman–Crippen LogP) is 3.10. The third-order valence-electron chi connectivity index (χ3n) is 5.28. The maximum atomic E-state index is 12.6. The molecule has 1 N–H and O–H groups in total. The van der Waals surface area contributed by atoms with Crippen molar-refractivity contribution in [3.05, 3.63) is 58.7 Å². The fraction of sp³-hybridized carbons (Fsp3) is 0.381. The van der Waals surface area contributed by atoms with Gasteiger partial charge >= 0.3 is 5.97 Å². The standard InChI is InChI=1S/C21H25N3O3/c1-13-6-7-14(10-16(13)12-25)19(21(2,3)20(26)27-5)15-8-9-18-17(11-15)22-23-24(18)4/h6-11,19,25H,12H2,1-5H3. The maximum absolute atomic E-state index is 12.6. The summed E-state index contributed by atoms with van der Waals surface area (Å²) in [5, 5.41) is 18.0. The van der Waals surface area contributed by atoms with Crippen molar-refractivity contribution in [3.63, 3.8) is 0 Å². The second-order valence-corrected chi connectivity index (χ2v) is 7.45. The zero-order chi connectivity index (χ0) is 19.8. The van der Waals surface area contributed by atoms with Crippen LogP contribution in [0.3, 0.4) is 0 Å². The molecule has 142 valence electrons. The lowest BCUT2D eigenvalue weighted by molar-refractivity contribution is -0.151. The second-order valence-electron chi connectivity index (χ2n) is 7.45. The van der Waals surface area contributed by atoms with Crippen LogP contribution in [0.25, 0.3) is 11.0 Å². The van der Waals surface area contributed by atoms with Gasteiger partial charge in [0.25, 0.3) is 0 Å². The van der Waals surface area contributed by atoms with Crippen molar-refractivity contribution in [2.45, 2.75) is 33.3 Å². The molecule has 0 spiro atoms. The molecule has 1 unspecified atom stereocenters. The van der Waals surface area contributed by atoms with Crippen molar-refractivity contribution in [2.24, 2.45) is 12.5 Å². The number of carbonyl (C=O) groups excluding carboxylic acids is 1. The van der Waals surface area contributed by atoms with Gasteiger partial charge < -0.3 is 9.84 Å². The Morgan fingerprint density at radius 1 is 1.22 bits per heavy atom. The summed E-state index contributed by atoms with van der Waals surface area (Å²) in [6, 6.07) is 11.9. The van der Waals surface area contributed by atoms with Gasteiger partial charge in [-0.05, 0) is 55.2 Å². The quantitative estimate of drug-likeness (QED) is 0.701. The number of ether oxygens (including phenoxy) is 1. The maximum Gasteiger partial charge on any atom is 0.312 e. The highest BCUT2D eigenvalue weighted by molar-refractivity contribution is 5.80. The summed E-state index contributed by atoms with van der Waals surface area (Å²) in [5.41, 5.74) is 4.64. The average molecular weight is 367 g/mol. The van der Waals surface area contributed by atoms with E-state index in [1.807, 2.05) is 64.2 Å². The minimum absolute atomic E-state index is 0.0474. The monoisotopic (exact) mass is 367 g/mol. The number of aliphatic hydroxyl groups is 1. The van der Waals surface area contributed by atoms with E-state index in [2.05, 4.69) is 10.3 Å². The Morgan fingerprint density at radius 2 is 1.89 bits per heavy atom. The Hall–Kier alpha value is -2.73. The molecule has 0 saturated carbocycles. The number of methoxy groups -OCH3 is 1. The van der Waals surface area contributed by atoms with Gasteiger partial charge in [0, 0.05) is 13.0 Å². The van der Waals surface area contributed by atoms with Gasteiger partial charge in [-0.25, -0.2) is 4.68 Å². The van der Waals surface area contributed by atoms with Crippen LogP contribution < -0.4 is 0 Å². The number of rotatable bonds is 5. The highest BCUT2D eigenvalue weighted by atomic mass is 16.5. The van der Waals surface area contributed by atoms with Gasteiger partial charge in [0.2, 0.25) is 0 Å². The number of carbonyl (C=O) groups is 1. The second kappa shape index (κ2) is 7.12. The molecule has 2 aromatic carbocycles. The Bertz CT molecular complexity index is 992. The molecule has 3 rings (SSSR count). The Kier molecular flexibility index (Phi) is 5.02. The van der Waals surface area contributed by atoms with E-state index in [0.29, 0.717) is 0 Å².